The highest BCUT2D eigenvalue weighted by atomic mass is 35.5. The number of hydrogen-bond acceptors (Lipinski definition) is 3. The zero-order chi connectivity index (χ0) is 11.1. The van der Waals surface area contributed by atoms with Crippen LogP contribution in [0.1, 0.15) is 12.5 Å². The lowest BCUT2D eigenvalue weighted by atomic mass is 10.2. The second-order valence-electron chi connectivity index (χ2n) is 4.00. The van der Waals surface area contributed by atoms with Gasteiger partial charge in [0.15, 0.2) is 5.58 Å². The summed E-state index contributed by atoms with van der Waals surface area (Å²) in [4.78, 5) is 11.8. The molecule has 0 radical (unpaired) electrons. The van der Waals surface area contributed by atoms with Crippen LogP contribution in [0.15, 0.2) is 27.4 Å². The number of halogens is 1. The standard InChI is InChI=1S/C11H11ClN2O2/c12-7-1-2-10-9(5-7)14(11(15)16-10)8-3-4-13-6-8/h1-2,5,8,13H,3-4,6H2. The van der Waals surface area contributed by atoms with Crippen LogP contribution in [0.25, 0.3) is 11.1 Å². The van der Waals surface area contributed by atoms with E-state index in [4.69, 9.17) is 16.0 Å². The van der Waals surface area contributed by atoms with Crippen LogP contribution in [0.2, 0.25) is 5.02 Å². The van der Waals surface area contributed by atoms with E-state index in [0.717, 1.165) is 25.0 Å². The molecule has 0 saturated carbocycles. The zero-order valence-electron chi connectivity index (χ0n) is 8.57. The third-order valence-electron chi connectivity index (χ3n) is 2.97. The molecule has 1 aromatic heterocycles. The van der Waals surface area contributed by atoms with Gasteiger partial charge >= 0.3 is 5.76 Å². The van der Waals surface area contributed by atoms with Gasteiger partial charge in [0, 0.05) is 11.6 Å². The van der Waals surface area contributed by atoms with Crippen molar-refractivity contribution in [1.82, 2.24) is 9.88 Å². The molecular weight excluding hydrogens is 228 g/mol. The Hall–Kier alpha value is -1.26. The summed E-state index contributed by atoms with van der Waals surface area (Å²) in [7, 11) is 0. The smallest absolute Gasteiger partial charge is 0.408 e. The molecule has 0 aliphatic carbocycles. The van der Waals surface area contributed by atoms with Gasteiger partial charge in [-0.2, -0.15) is 0 Å². The highest BCUT2D eigenvalue weighted by molar-refractivity contribution is 6.31. The number of benzene rings is 1. The first-order chi connectivity index (χ1) is 7.75. The average Bonchev–Trinajstić information content (AvgIpc) is 2.83. The van der Waals surface area contributed by atoms with E-state index in [2.05, 4.69) is 5.32 Å². The van der Waals surface area contributed by atoms with Gasteiger partial charge in [0.25, 0.3) is 0 Å². The van der Waals surface area contributed by atoms with Gasteiger partial charge in [-0.25, -0.2) is 4.79 Å². The van der Waals surface area contributed by atoms with Gasteiger partial charge in [0.1, 0.15) is 0 Å². The van der Waals surface area contributed by atoms with Crippen molar-refractivity contribution >= 4 is 22.7 Å². The topological polar surface area (TPSA) is 47.2 Å². The molecule has 1 aliphatic rings. The first-order valence-electron chi connectivity index (χ1n) is 5.27. The first kappa shape index (κ1) is 9.93. The number of hydrogen-bond donors (Lipinski definition) is 1. The molecule has 1 unspecified atom stereocenters. The second kappa shape index (κ2) is 3.64. The minimum Gasteiger partial charge on any atom is -0.408 e. The SMILES string of the molecule is O=c1oc2ccc(Cl)cc2n1C1CCNC1. The third-order valence-corrected chi connectivity index (χ3v) is 3.21. The van der Waals surface area contributed by atoms with Crippen molar-refractivity contribution in [2.24, 2.45) is 0 Å². The Morgan fingerprint density at radius 3 is 3.12 bits per heavy atom. The minimum absolute atomic E-state index is 0.173. The molecule has 5 heteroatoms. The predicted octanol–water partition coefficient (Wildman–Crippen LogP) is 1.78. The summed E-state index contributed by atoms with van der Waals surface area (Å²) in [5.74, 6) is -0.300. The van der Waals surface area contributed by atoms with E-state index in [1.54, 1.807) is 22.8 Å². The third kappa shape index (κ3) is 1.45. The summed E-state index contributed by atoms with van der Waals surface area (Å²) < 4.78 is 6.88. The monoisotopic (exact) mass is 238 g/mol. The molecule has 1 saturated heterocycles. The Morgan fingerprint density at radius 1 is 1.50 bits per heavy atom. The molecule has 2 aromatic rings. The Morgan fingerprint density at radius 2 is 2.38 bits per heavy atom. The molecule has 2 heterocycles. The van der Waals surface area contributed by atoms with Crippen LogP contribution in [0.3, 0.4) is 0 Å². The lowest BCUT2D eigenvalue weighted by Crippen LogP contribution is -2.22. The van der Waals surface area contributed by atoms with E-state index in [1.165, 1.54) is 0 Å². The maximum atomic E-state index is 11.8. The number of fused-ring (bicyclic) bond motifs is 1. The van der Waals surface area contributed by atoms with E-state index in [-0.39, 0.29) is 11.8 Å². The molecule has 84 valence electrons. The van der Waals surface area contributed by atoms with Gasteiger partial charge in [-0.05, 0) is 31.2 Å². The Balaban J connectivity index is 2.25. The van der Waals surface area contributed by atoms with Crippen molar-refractivity contribution in [2.75, 3.05) is 13.1 Å². The molecule has 3 rings (SSSR count). The van der Waals surface area contributed by atoms with Crippen molar-refractivity contribution in [3.63, 3.8) is 0 Å². The van der Waals surface area contributed by atoms with Gasteiger partial charge < -0.3 is 9.73 Å². The summed E-state index contributed by atoms with van der Waals surface area (Å²) in [5, 5.41) is 3.85. The molecule has 0 amide bonds. The van der Waals surface area contributed by atoms with E-state index >= 15 is 0 Å². The average molecular weight is 239 g/mol. The van der Waals surface area contributed by atoms with Crippen molar-refractivity contribution < 1.29 is 4.42 Å². The molecule has 1 atom stereocenters. The molecule has 0 spiro atoms. The van der Waals surface area contributed by atoms with E-state index in [1.807, 2.05) is 0 Å². The minimum atomic E-state index is -0.300. The molecule has 1 fully saturated rings. The van der Waals surface area contributed by atoms with Crippen LogP contribution in [0, 0.1) is 0 Å². The molecule has 1 aliphatic heterocycles. The van der Waals surface area contributed by atoms with Crippen molar-refractivity contribution in [1.29, 1.82) is 0 Å². The maximum absolute atomic E-state index is 11.8. The summed E-state index contributed by atoms with van der Waals surface area (Å²) in [6.07, 6.45) is 0.945. The van der Waals surface area contributed by atoms with Gasteiger partial charge in [-0.15, -0.1) is 0 Å². The Kier molecular flexibility index (Phi) is 2.26. The molecule has 16 heavy (non-hydrogen) atoms. The van der Waals surface area contributed by atoms with Gasteiger partial charge in [-0.1, -0.05) is 11.6 Å². The number of nitrogens with one attached hydrogen (secondary N) is 1. The Labute approximate surface area is 96.8 Å². The zero-order valence-corrected chi connectivity index (χ0v) is 9.33. The van der Waals surface area contributed by atoms with Crippen molar-refractivity contribution in [2.45, 2.75) is 12.5 Å². The second-order valence-corrected chi connectivity index (χ2v) is 4.43. The lowest BCUT2D eigenvalue weighted by Gasteiger charge is -2.08. The highest BCUT2D eigenvalue weighted by Gasteiger charge is 2.21. The van der Waals surface area contributed by atoms with Gasteiger partial charge in [0.2, 0.25) is 0 Å². The normalized spacial score (nSPS) is 20.7. The summed E-state index contributed by atoms with van der Waals surface area (Å²) >= 11 is 5.93. The van der Waals surface area contributed by atoms with Crippen LogP contribution >= 0.6 is 11.6 Å². The van der Waals surface area contributed by atoms with Crippen molar-refractivity contribution in [3.8, 4) is 0 Å². The van der Waals surface area contributed by atoms with Gasteiger partial charge in [0.05, 0.1) is 11.6 Å². The van der Waals surface area contributed by atoms with E-state index in [0.29, 0.717) is 10.6 Å². The van der Waals surface area contributed by atoms with Crippen molar-refractivity contribution in [3.05, 3.63) is 33.8 Å². The largest absolute Gasteiger partial charge is 0.420 e. The highest BCUT2D eigenvalue weighted by Crippen LogP contribution is 2.23. The van der Waals surface area contributed by atoms with E-state index < -0.39 is 0 Å². The molecule has 1 N–H and O–H groups in total. The fraction of sp³-hybridized carbons (Fsp3) is 0.364. The van der Waals surface area contributed by atoms with E-state index in [9.17, 15) is 4.79 Å². The summed E-state index contributed by atoms with van der Waals surface area (Å²) in [5.41, 5.74) is 1.38. The molecule has 4 nitrogen and oxygen atoms in total. The van der Waals surface area contributed by atoms with Crippen LogP contribution in [-0.4, -0.2) is 17.7 Å². The first-order valence-corrected chi connectivity index (χ1v) is 5.65. The van der Waals surface area contributed by atoms with Gasteiger partial charge in [-0.3, -0.25) is 4.57 Å². The van der Waals surface area contributed by atoms with Crippen LogP contribution in [0.4, 0.5) is 0 Å². The molecule has 0 bridgehead atoms. The quantitative estimate of drug-likeness (QED) is 0.824. The van der Waals surface area contributed by atoms with Crippen LogP contribution in [0.5, 0.6) is 0 Å². The predicted molar refractivity (Wildman–Crippen MR) is 62.0 cm³/mol. The maximum Gasteiger partial charge on any atom is 0.420 e. The Bertz CT molecular complexity index is 581. The number of aromatic nitrogens is 1. The summed E-state index contributed by atoms with van der Waals surface area (Å²) in [6, 6.07) is 5.41. The fourth-order valence-electron chi connectivity index (χ4n) is 2.21. The van der Waals surface area contributed by atoms with Crippen LogP contribution < -0.4 is 11.1 Å². The number of nitrogens with zero attached hydrogens (tertiary/aromatic N) is 1. The fourth-order valence-corrected chi connectivity index (χ4v) is 2.38. The molecule has 1 aromatic carbocycles. The summed E-state index contributed by atoms with van der Waals surface area (Å²) in [6.45, 7) is 1.74. The molecular formula is C11H11ClN2O2. The number of oxazole rings is 1. The van der Waals surface area contributed by atoms with Crippen LogP contribution in [-0.2, 0) is 0 Å². The lowest BCUT2D eigenvalue weighted by molar-refractivity contribution is 0.459. The number of rotatable bonds is 1.